The summed E-state index contributed by atoms with van der Waals surface area (Å²) in [5, 5.41) is 13.5. The number of hydrogen-bond donors (Lipinski definition) is 3. The first kappa shape index (κ1) is 20.4. The summed E-state index contributed by atoms with van der Waals surface area (Å²) in [5.41, 5.74) is 4.46. The SMILES string of the molecule is Cc1nn(C)c(C2CNC2)c1NCc1ccc2c(c1)C(=O)N(C1CCC(=O)NC1=O)C2=O. The quantitative estimate of drug-likeness (QED) is 0.581. The summed E-state index contributed by atoms with van der Waals surface area (Å²) in [6.45, 7) is 4.26. The zero-order valence-corrected chi connectivity index (χ0v) is 17.9. The molecule has 1 aromatic heterocycles. The molecular formula is C22H24N6O4. The van der Waals surface area contributed by atoms with Crippen LogP contribution in [0.25, 0.3) is 0 Å². The Hall–Kier alpha value is -3.53. The number of carbonyl (C=O) groups is 4. The molecule has 166 valence electrons. The lowest BCUT2D eigenvalue weighted by Crippen LogP contribution is -2.54. The summed E-state index contributed by atoms with van der Waals surface area (Å²) in [6.07, 6.45) is 0.242. The van der Waals surface area contributed by atoms with Crippen LogP contribution in [-0.4, -0.2) is 57.4 Å². The van der Waals surface area contributed by atoms with Crippen LogP contribution in [0.4, 0.5) is 5.69 Å². The molecule has 4 amide bonds. The zero-order valence-electron chi connectivity index (χ0n) is 17.9. The van der Waals surface area contributed by atoms with Gasteiger partial charge in [0.15, 0.2) is 0 Å². The zero-order chi connectivity index (χ0) is 22.6. The van der Waals surface area contributed by atoms with Gasteiger partial charge in [-0.2, -0.15) is 5.10 Å². The van der Waals surface area contributed by atoms with Gasteiger partial charge in [-0.05, 0) is 31.0 Å². The molecule has 4 heterocycles. The fraction of sp³-hybridized carbons (Fsp3) is 0.409. The minimum absolute atomic E-state index is 0.0995. The molecule has 0 radical (unpaired) electrons. The number of amides is 4. The van der Waals surface area contributed by atoms with Crippen molar-refractivity contribution >= 4 is 29.3 Å². The van der Waals surface area contributed by atoms with Gasteiger partial charge in [0.2, 0.25) is 11.8 Å². The van der Waals surface area contributed by atoms with E-state index < -0.39 is 23.8 Å². The van der Waals surface area contributed by atoms with Crippen LogP contribution in [0.15, 0.2) is 18.2 Å². The van der Waals surface area contributed by atoms with Crippen molar-refractivity contribution in [2.45, 2.75) is 38.3 Å². The Bertz CT molecular complexity index is 1170. The van der Waals surface area contributed by atoms with Crippen molar-refractivity contribution < 1.29 is 19.2 Å². The number of anilines is 1. The van der Waals surface area contributed by atoms with Gasteiger partial charge in [0.25, 0.3) is 11.8 Å². The van der Waals surface area contributed by atoms with Gasteiger partial charge in [-0.1, -0.05) is 6.07 Å². The third-order valence-electron chi connectivity index (χ3n) is 6.41. The number of aromatic nitrogens is 2. The fourth-order valence-corrected chi connectivity index (χ4v) is 4.66. The van der Waals surface area contributed by atoms with Crippen molar-refractivity contribution in [1.29, 1.82) is 0 Å². The van der Waals surface area contributed by atoms with E-state index in [0.717, 1.165) is 40.6 Å². The van der Waals surface area contributed by atoms with E-state index in [1.54, 1.807) is 18.2 Å². The number of nitrogens with zero attached hydrogens (tertiary/aromatic N) is 3. The van der Waals surface area contributed by atoms with Crippen LogP contribution in [0.1, 0.15) is 56.4 Å². The van der Waals surface area contributed by atoms with Crippen molar-refractivity contribution in [3.8, 4) is 0 Å². The number of benzene rings is 1. The number of piperidine rings is 1. The monoisotopic (exact) mass is 436 g/mol. The highest BCUT2D eigenvalue weighted by Crippen LogP contribution is 2.31. The van der Waals surface area contributed by atoms with Crippen LogP contribution in [0.5, 0.6) is 0 Å². The number of carbonyl (C=O) groups excluding carboxylic acids is 4. The Kier molecular flexibility index (Phi) is 4.81. The molecule has 1 unspecified atom stereocenters. The van der Waals surface area contributed by atoms with Gasteiger partial charge in [-0.15, -0.1) is 0 Å². The first-order valence-electron chi connectivity index (χ1n) is 10.7. The predicted molar refractivity (Wildman–Crippen MR) is 114 cm³/mol. The second-order valence-electron chi connectivity index (χ2n) is 8.51. The third kappa shape index (κ3) is 3.18. The van der Waals surface area contributed by atoms with Gasteiger partial charge in [0.05, 0.1) is 28.2 Å². The number of aryl methyl sites for hydroxylation is 2. The summed E-state index contributed by atoms with van der Waals surface area (Å²) in [5.74, 6) is -1.59. The highest BCUT2D eigenvalue weighted by Gasteiger charge is 2.44. The van der Waals surface area contributed by atoms with Gasteiger partial charge in [-0.25, -0.2) is 0 Å². The number of imide groups is 2. The minimum atomic E-state index is -0.960. The number of nitrogens with one attached hydrogen (secondary N) is 3. The van der Waals surface area contributed by atoms with E-state index in [1.165, 1.54) is 0 Å². The van der Waals surface area contributed by atoms with Crippen LogP contribution in [0.2, 0.25) is 0 Å². The van der Waals surface area contributed by atoms with Gasteiger partial charge in [-0.3, -0.25) is 34.1 Å². The van der Waals surface area contributed by atoms with Crippen LogP contribution < -0.4 is 16.0 Å². The standard InChI is InChI=1S/C22H24N6O4/c1-11-18(19(27(2)26-11)13-9-23-10-13)24-8-12-3-4-14-15(7-12)22(32)28(21(14)31)16-5-6-17(29)25-20(16)30/h3-4,7,13,16,23-24H,5-6,8-10H2,1-2H3,(H,25,29,30). The van der Waals surface area contributed by atoms with Crippen molar-refractivity contribution in [1.82, 2.24) is 25.3 Å². The molecule has 32 heavy (non-hydrogen) atoms. The summed E-state index contributed by atoms with van der Waals surface area (Å²) in [4.78, 5) is 50.5. The Labute approximate surface area is 184 Å². The predicted octanol–water partition coefficient (Wildman–Crippen LogP) is 0.429. The Balaban J connectivity index is 1.36. The first-order chi connectivity index (χ1) is 15.3. The maximum atomic E-state index is 13.0. The Morgan fingerprint density at radius 3 is 2.56 bits per heavy atom. The topological polar surface area (TPSA) is 125 Å². The number of fused-ring (bicyclic) bond motifs is 1. The van der Waals surface area contributed by atoms with E-state index in [4.69, 9.17) is 0 Å². The summed E-state index contributed by atoms with van der Waals surface area (Å²) in [6, 6.07) is 4.18. The maximum absolute atomic E-state index is 13.0. The lowest BCUT2D eigenvalue weighted by molar-refractivity contribution is -0.136. The van der Waals surface area contributed by atoms with E-state index in [9.17, 15) is 19.2 Å². The van der Waals surface area contributed by atoms with Gasteiger partial charge in [0, 0.05) is 39.0 Å². The second-order valence-corrected chi connectivity index (χ2v) is 8.51. The number of rotatable bonds is 5. The molecule has 3 N–H and O–H groups in total. The smallest absolute Gasteiger partial charge is 0.262 e. The molecule has 1 aromatic carbocycles. The second kappa shape index (κ2) is 7.56. The van der Waals surface area contributed by atoms with Gasteiger partial charge >= 0.3 is 0 Å². The molecular weight excluding hydrogens is 412 g/mol. The highest BCUT2D eigenvalue weighted by molar-refractivity contribution is 6.23. The van der Waals surface area contributed by atoms with Crippen molar-refractivity contribution in [3.05, 3.63) is 46.3 Å². The first-order valence-corrected chi connectivity index (χ1v) is 10.7. The molecule has 10 nitrogen and oxygen atoms in total. The molecule has 2 fully saturated rings. The van der Waals surface area contributed by atoms with Crippen molar-refractivity contribution in [2.24, 2.45) is 7.05 Å². The van der Waals surface area contributed by atoms with Gasteiger partial charge in [0.1, 0.15) is 6.04 Å². The largest absolute Gasteiger partial charge is 0.378 e. The molecule has 2 aromatic rings. The van der Waals surface area contributed by atoms with E-state index in [-0.39, 0.29) is 29.9 Å². The normalized spacial score (nSPS) is 20.9. The Morgan fingerprint density at radius 2 is 1.88 bits per heavy atom. The molecule has 0 aliphatic carbocycles. The highest BCUT2D eigenvalue weighted by atomic mass is 16.2. The van der Waals surface area contributed by atoms with Crippen molar-refractivity contribution in [2.75, 3.05) is 18.4 Å². The summed E-state index contributed by atoms with van der Waals surface area (Å²) >= 11 is 0. The van der Waals surface area contributed by atoms with E-state index in [2.05, 4.69) is 21.0 Å². The van der Waals surface area contributed by atoms with Crippen LogP contribution in [0.3, 0.4) is 0 Å². The number of hydrogen-bond acceptors (Lipinski definition) is 7. The van der Waals surface area contributed by atoms with Crippen LogP contribution >= 0.6 is 0 Å². The molecule has 0 spiro atoms. The van der Waals surface area contributed by atoms with E-state index in [1.807, 2.05) is 18.7 Å². The third-order valence-corrected chi connectivity index (χ3v) is 6.41. The lowest BCUT2D eigenvalue weighted by atomic mass is 9.97. The molecule has 3 aliphatic heterocycles. The average Bonchev–Trinajstić information content (AvgIpc) is 3.12. The summed E-state index contributed by atoms with van der Waals surface area (Å²) in [7, 11) is 1.94. The lowest BCUT2D eigenvalue weighted by Gasteiger charge is -2.28. The average molecular weight is 436 g/mol. The van der Waals surface area contributed by atoms with Gasteiger partial charge < -0.3 is 10.6 Å². The van der Waals surface area contributed by atoms with Crippen molar-refractivity contribution in [3.63, 3.8) is 0 Å². The van der Waals surface area contributed by atoms with E-state index >= 15 is 0 Å². The molecule has 10 heteroatoms. The Morgan fingerprint density at radius 1 is 1.12 bits per heavy atom. The van der Waals surface area contributed by atoms with Crippen LogP contribution in [0, 0.1) is 6.92 Å². The maximum Gasteiger partial charge on any atom is 0.262 e. The molecule has 5 rings (SSSR count). The molecule has 2 saturated heterocycles. The van der Waals surface area contributed by atoms with Crippen LogP contribution in [-0.2, 0) is 23.2 Å². The summed E-state index contributed by atoms with van der Waals surface area (Å²) < 4.78 is 1.91. The fourth-order valence-electron chi connectivity index (χ4n) is 4.66. The molecule has 0 bridgehead atoms. The minimum Gasteiger partial charge on any atom is -0.378 e. The molecule has 0 saturated carbocycles. The van der Waals surface area contributed by atoms with E-state index in [0.29, 0.717) is 12.5 Å². The molecule has 1 atom stereocenters. The molecule has 3 aliphatic rings.